The van der Waals surface area contributed by atoms with E-state index in [0.29, 0.717) is 37.8 Å². The predicted octanol–water partition coefficient (Wildman–Crippen LogP) is 2.14. The lowest BCUT2D eigenvalue weighted by Crippen LogP contribution is -2.36. The van der Waals surface area contributed by atoms with E-state index in [2.05, 4.69) is 20.4 Å². The van der Waals surface area contributed by atoms with E-state index in [1.54, 1.807) is 12.4 Å². The minimum absolute atomic E-state index is 0.0178. The monoisotopic (exact) mass is 383 g/mol. The quantitative estimate of drug-likeness (QED) is 0.871. The van der Waals surface area contributed by atoms with Crippen LogP contribution < -0.4 is 5.32 Å². The van der Waals surface area contributed by atoms with Gasteiger partial charge >= 0.3 is 0 Å². The highest BCUT2D eigenvalue weighted by atomic mass is 16.5. The first-order valence-corrected chi connectivity index (χ1v) is 10.00. The van der Waals surface area contributed by atoms with Crippen molar-refractivity contribution in [2.24, 2.45) is 5.92 Å². The Morgan fingerprint density at radius 3 is 2.89 bits per heavy atom. The summed E-state index contributed by atoms with van der Waals surface area (Å²) in [5.74, 6) is 1.49. The minimum atomic E-state index is -0.0178. The number of hydrogen-bond donors (Lipinski definition) is 1. The van der Waals surface area contributed by atoms with Gasteiger partial charge in [0.1, 0.15) is 0 Å². The molecule has 1 N–H and O–H groups in total. The second-order valence-electron chi connectivity index (χ2n) is 7.53. The van der Waals surface area contributed by atoms with Crippen molar-refractivity contribution in [2.45, 2.75) is 44.4 Å². The normalized spacial score (nSPS) is 21.6. The van der Waals surface area contributed by atoms with E-state index >= 15 is 0 Å². The molecule has 1 atom stereocenters. The fourth-order valence-corrected chi connectivity index (χ4v) is 3.56. The number of amides is 2. The summed E-state index contributed by atoms with van der Waals surface area (Å²) in [6, 6.07) is 3.72. The van der Waals surface area contributed by atoms with E-state index in [9.17, 15) is 9.59 Å². The average molecular weight is 383 g/mol. The van der Waals surface area contributed by atoms with Gasteiger partial charge in [0, 0.05) is 55.8 Å². The van der Waals surface area contributed by atoms with Crippen LogP contribution in [0.25, 0.3) is 11.4 Å². The van der Waals surface area contributed by atoms with Gasteiger partial charge in [-0.2, -0.15) is 4.98 Å². The van der Waals surface area contributed by atoms with Crippen LogP contribution in [0.2, 0.25) is 0 Å². The third kappa shape index (κ3) is 4.55. The molecule has 1 unspecified atom stereocenters. The third-order valence-corrected chi connectivity index (χ3v) is 5.35. The molecule has 0 aromatic carbocycles. The molecule has 1 saturated carbocycles. The first-order valence-electron chi connectivity index (χ1n) is 10.00. The summed E-state index contributed by atoms with van der Waals surface area (Å²) < 4.78 is 5.53. The van der Waals surface area contributed by atoms with Crippen molar-refractivity contribution in [3.8, 4) is 11.4 Å². The molecular formula is C20H25N5O3. The summed E-state index contributed by atoms with van der Waals surface area (Å²) in [6.07, 6.45) is 8.12. The van der Waals surface area contributed by atoms with Crippen LogP contribution in [-0.2, 0) is 9.59 Å². The van der Waals surface area contributed by atoms with Gasteiger partial charge in [-0.25, -0.2) is 0 Å². The summed E-state index contributed by atoms with van der Waals surface area (Å²) in [6.45, 7) is 1.73. The van der Waals surface area contributed by atoms with Crippen LogP contribution in [0.1, 0.15) is 50.3 Å². The highest BCUT2D eigenvalue weighted by Gasteiger charge is 2.33. The second kappa shape index (κ2) is 8.50. The SMILES string of the molecule is O=C1CCN(C(=O)C2CC2)CCCC(c2nc(-c3cccnc3)no2)CCN1. The highest BCUT2D eigenvalue weighted by molar-refractivity contribution is 5.82. The van der Waals surface area contributed by atoms with Gasteiger partial charge in [0.15, 0.2) is 0 Å². The standard InChI is InChI=1S/C20H25N5O3/c26-17-8-12-25(20(27)15-5-6-15)11-2-4-14(7-10-22-17)19-23-18(24-28-19)16-3-1-9-21-13-16/h1,3,9,13-15H,2,4-8,10-12H2,(H,22,26). The first kappa shape index (κ1) is 18.6. The van der Waals surface area contributed by atoms with Gasteiger partial charge in [-0.05, 0) is 44.2 Å². The number of nitrogens with one attached hydrogen (secondary N) is 1. The average Bonchev–Trinajstić information content (AvgIpc) is 3.46. The molecule has 8 nitrogen and oxygen atoms in total. The summed E-state index contributed by atoms with van der Waals surface area (Å²) in [7, 11) is 0. The molecule has 1 aliphatic carbocycles. The maximum atomic E-state index is 12.5. The molecule has 28 heavy (non-hydrogen) atoms. The van der Waals surface area contributed by atoms with E-state index in [1.165, 1.54) is 0 Å². The molecule has 1 aliphatic heterocycles. The largest absolute Gasteiger partial charge is 0.356 e. The lowest BCUT2D eigenvalue weighted by atomic mass is 9.99. The Balaban J connectivity index is 1.45. The summed E-state index contributed by atoms with van der Waals surface area (Å²) >= 11 is 0. The van der Waals surface area contributed by atoms with Crippen LogP contribution in [0, 0.1) is 5.92 Å². The van der Waals surface area contributed by atoms with Crippen molar-refractivity contribution in [3.63, 3.8) is 0 Å². The number of carbonyl (C=O) groups is 2. The molecule has 0 bridgehead atoms. The Labute approximate surface area is 163 Å². The zero-order chi connectivity index (χ0) is 19.3. The van der Waals surface area contributed by atoms with Crippen molar-refractivity contribution in [1.82, 2.24) is 25.3 Å². The molecule has 8 heteroatoms. The number of hydrogen-bond acceptors (Lipinski definition) is 6. The van der Waals surface area contributed by atoms with Crippen LogP contribution >= 0.6 is 0 Å². The van der Waals surface area contributed by atoms with Gasteiger partial charge in [0.2, 0.25) is 23.5 Å². The molecule has 2 aromatic heterocycles. The smallest absolute Gasteiger partial charge is 0.230 e. The Kier molecular flexibility index (Phi) is 5.64. The molecule has 2 aliphatic rings. The maximum Gasteiger partial charge on any atom is 0.230 e. The summed E-state index contributed by atoms with van der Waals surface area (Å²) in [4.78, 5) is 35.1. The molecule has 148 valence electrons. The molecule has 0 radical (unpaired) electrons. The van der Waals surface area contributed by atoms with Crippen LogP contribution in [0.4, 0.5) is 0 Å². The van der Waals surface area contributed by atoms with Crippen LogP contribution in [0.3, 0.4) is 0 Å². The van der Waals surface area contributed by atoms with Crippen molar-refractivity contribution in [2.75, 3.05) is 19.6 Å². The number of carbonyl (C=O) groups excluding carboxylic acids is 2. The minimum Gasteiger partial charge on any atom is -0.356 e. The lowest BCUT2D eigenvalue weighted by molar-refractivity contribution is -0.133. The molecule has 4 rings (SSSR count). The number of rotatable bonds is 3. The van der Waals surface area contributed by atoms with E-state index in [0.717, 1.165) is 37.7 Å². The fourth-order valence-electron chi connectivity index (χ4n) is 3.56. The zero-order valence-electron chi connectivity index (χ0n) is 15.8. The van der Waals surface area contributed by atoms with E-state index in [1.807, 2.05) is 17.0 Å². The Hall–Kier alpha value is -2.77. The van der Waals surface area contributed by atoms with Crippen molar-refractivity contribution >= 4 is 11.8 Å². The van der Waals surface area contributed by atoms with Gasteiger partial charge in [0.05, 0.1) is 0 Å². The molecular weight excluding hydrogens is 358 g/mol. The Bertz CT molecular complexity index is 818. The van der Waals surface area contributed by atoms with Gasteiger partial charge in [-0.15, -0.1) is 0 Å². The van der Waals surface area contributed by atoms with Gasteiger partial charge in [-0.1, -0.05) is 5.16 Å². The summed E-state index contributed by atoms with van der Waals surface area (Å²) in [5, 5.41) is 7.03. The number of pyridine rings is 1. The molecule has 0 spiro atoms. The number of nitrogens with zero attached hydrogens (tertiary/aromatic N) is 4. The number of aromatic nitrogens is 3. The lowest BCUT2D eigenvalue weighted by Gasteiger charge is -2.22. The van der Waals surface area contributed by atoms with E-state index in [4.69, 9.17) is 4.52 Å². The third-order valence-electron chi connectivity index (χ3n) is 5.35. The molecule has 2 fully saturated rings. The van der Waals surface area contributed by atoms with Crippen molar-refractivity contribution in [3.05, 3.63) is 30.4 Å². The molecule has 3 heterocycles. The van der Waals surface area contributed by atoms with Crippen molar-refractivity contribution in [1.29, 1.82) is 0 Å². The van der Waals surface area contributed by atoms with Crippen LogP contribution in [-0.4, -0.2) is 51.5 Å². The fraction of sp³-hybridized carbons (Fsp3) is 0.550. The van der Waals surface area contributed by atoms with E-state index in [-0.39, 0.29) is 23.7 Å². The highest BCUT2D eigenvalue weighted by Crippen LogP contribution is 2.32. The van der Waals surface area contributed by atoms with Crippen LogP contribution in [0.5, 0.6) is 0 Å². The molecule has 2 aromatic rings. The van der Waals surface area contributed by atoms with Gasteiger partial charge in [-0.3, -0.25) is 14.6 Å². The Morgan fingerprint density at radius 2 is 2.11 bits per heavy atom. The maximum absolute atomic E-state index is 12.5. The molecule has 2 amide bonds. The molecule has 1 saturated heterocycles. The topological polar surface area (TPSA) is 101 Å². The first-order chi connectivity index (χ1) is 13.7. The predicted molar refractivity (Wildman–Crippen MR) is 101 cm³/mol. The van der Waals surface area contributed by atoms with Crippen molar-refractivity contribution < 1.29 is 14.1 Å². The zero-order valence-corrected chi connectivity index (χ0v) is 15.8. The van der Waals surface area contributed by atoms with Gasteiger partial charge < -0.3 is 14.7 Å². The van der Waals surface area contributed by atoms with E-state index < -0.39 is 0 Å². The van der Waals surface area contributed by atoms with Gasteiger partial charge in [0.25, 0.3) is 0 Å². The second-order valence-corrected chi connectivity index (χ2v) is 7.53. The van der Waals surface area contributed by atoms with Crippen LogP contribution in [0.15, 0.2) is 29.0 Å². The summed E-state index contributed by atoms with van der Waals surface area (Å²) in [5.41, 5.74) is 0.809. The Morgan fingerprint density at radius 1 is 1.21 bits per heavy atom.